The molecular formula is C19H27N3O5. The molecule has 8 heteroatoms. The second-order valence-corrected chi connectivity index (χ2v) is 7.95. The first kappa shape index (κ1) is 19.5. The number of morpholine rings is 1. The molecule has 2 unspecified atom stereocenters. The Morgan fingerprint density at radius 2 is 1.78 bits per heavy atom. The van der Waals surface area contributed by atoms with Crippen molar-refractivity contribution in [2.75, 3.05) is 19.8 Å². The number of hydrogen-bond acceptors (Lipinski definition) is 7. The van der Waals surface area contributed by atoms with Gasteiger partial charge in [-0.25, -0.2) is 14.8 Å². The number of fused-ring (bicyclic) bond motifs is 2. The SMILES string of the molecule is CCOc1ncc(C(=O)C2CC3COCC(C2)N3C(=O)OC(C)(C)C)cn1. The first-order chi connectivity index (χ1) is 12.8. The molecule has 27 heavy (non-hydrogen) atoms. The number of amides is 1. The number of ketones is 1. The van der Waals surface area contributed by atoms with Gasteiger partial charge in [0, 0.05) is 18.3 Å². The zero-order valence-electron chi connectivity index (χ0n) is 16.3. The van der Waals surface area contributed by atoms with Gasteiger partial charge >= 0.3 is 12.1 Å². The van der Waals surface area contributed by atoms with Crippen LogP contribution in [0.5, 0.6) is 6.01 Å². The van der Waals surface area contributed by atoms with E-state index in [2.05, 4.69) is 9.97 Å². The molecule has 1 aromatic rings. The highest BCUT2D eigenvalue weighted by Gasteiger charge is 2.45. The lowest BCUT2D eigenvalue weighted by Gasteiger charge is -2.47. The highest BCUT2D eigenvalue weighted by Crippen LogP contribution is 2.34. The van der Waals surface area contributed by atoms with Crippen LogP contribution in [0.3, 0.4) is 0 Å². The maximum atomic E-state index is 12.9. The van der Waals surface area contributed by atoms with Crippen molar-refractivity contribution in [3.63, 3.8) is 0 Å². The molecule has 0 aliphatic carbocycles. The van der Waals surface area contributed by atoms with Gasteiger partial charge in [0.25, 0.3) is 0 Å². The average Bonchev–Trinajstić information content (AvgIpc) is 2.59. The number of rotatable bonds is 4. The number of carbonyl (C=O) groups is 2. The van der Waals surface area contributed by atoms with Crippen molar-refractivity contribution in [2.24, 2.45) is 5.92 Å². The molecule has 148 valence electrons. The number of ether oxygens (including phenoxy) is 3. The van der Waals surface area contributed by atoms with Crippen LogP contribution in [0, 0.1) is 5.92 Å². The molecule has 0 saturated carbocycles. The van der Waals surface area contributed by atoms with Gasteiger partial charge in [0.1, 0.15) is 5.60 Å². The van der Waals surface area contributed by atoms with Crippen molar-refractivity contribution < 1.29 is 23.8 Å². The molecule has 1 amide bonds. The molecule has 2 aliphatic rings. The maximum absolute atomic E-state index is 12.9. The number of aromatic nitrogens is 2. The van der Waals surface area contributed by atoms with Crippen molar-refractivity contribution in [3.8, 4) is 6.01 Å². The first-order valence-electron chi connectivity index (χ1n) is 9.36. The van der Waals surface area contributed by atoms with Crippen LogP contribution < -0.4 is 4.74 Å². The van der Waals surface area contributed by atoms with E-state index in [1.165, 1.54) is 12.4 Å². The zero-order chi connectivity index (χ0) is 19.6. The van der Waals surface area contributed by atoms with E-state index in [9.17, 15) is 9.59 Å². The molecule has 1 aromatic heterocycles. The maximum Gasteiger partial charge on any atom is 0.410 e. The van der Waals surface area contributed by atoms with E-state index in [-0.39, 0.29) is 35.9 Å². The molecule has 3 heterocycles. The quantitative estimate of drug-likeness (QED) is 0.745. The Kier molecular flexibility index (Phi) is 5.64. The third-order valence-electron chi connectivity index (χ3n) is 4.68. The monoisotopic (exact) mass is 377 g/mol. The Bertz CT molecular complexity index is 672. The Balaban J connectivity index is 1.70. The van der Waals surface area contributed by atoms with Crippen LogP contribution in [-0.4, -0.2) is 64.2 Å². The normalized spacial score (nSPS) is 25.0. The van der Waals surface area contributed by atoms with Gasteiger partial charge < -0.3 is 14.2 Å². The fourth-order valence-corrected chi connectivity index (χ4v) is 3.62. The third-order valence-corrected chi connectivity index (χ3v) is 4.68. The summed E-state index contributed by atoms with van der Waals surface area (Å²) in [4.78, 5) is 35.4. The van der Waals surface area contributed by atoms with Gasteiger partial charge in [-0.05, 0) is 40.5 Å². The van der Waals surface area contributed by atoms with Crippen LogP contribution in [0.1, 0.15) is 50.9 Å². The van der Waals surface area contributed by atoms with E-state index in [4.69, 9.17) is 14.2 Å². The Morgan fingerprint density at radius 3 is 2.30 bits per heavy atom. The molecule has 0 radical (unpaired) electrons. The van der Waals surface area contributed by atoms with Crippen LogP contribution in [0.2, 0.25) is 0 Å². The summed E-state index contributed by atoms with van der Waals surface area (Å²) in [6.45, 7) is 8.69. The molecule has 0 spiro atoms. The predicted molar refractivity (Wildman–Crippen MR) is 96.7 cm³/mol. The molecule has 2 aliphatic heterocycles. The summed E-state index contributed by atoms with van der Waals surface area (Å²) in [5, 5.41) is 0. The smallest absolute Gasteiger partial charge is 0.410 e. The van der Waals surface area contributed by atoms with E-state index in [0.717, 1.165) is 0 Å². The summed E-state index contributed by atoms with van der Waals surface area (Å²) in [6, 6.07) is -0.0612. The lowest BCUT2D eigenvalue weighted by atomic mass is 9.81. The third kappa shape index (κ3) is 4.55. The highest BCUT2D eigenvalue weighted by molar-refractivity contribution is 5.97. The number of nitrogens with zero attached hydrogens (tertiary/aromatic N) is 3. The van der Waals surface area contributed by atoms with Crippen LogP contribution >= 0.6 is 0 Å². The molecule has 8 nitrogen and oxygen atoms in total. The molecule has 0 aromatic carbocycles. The number of carbonyl (C=O) groups excluding carboxylic acids is 2. The van der Waals surface area contributed by atoms with Crippen molar-refractivity contribution in [1.29, 1.82) is 0 Å². The van der Waals surface area contributed by atoms with Gasteiger partial charge in [-0.15, -0.1) is 0 Å². The fraction of sp³-hybridized carbons (Fsp3) is 0.684. The molecule has 2 atom stereocenters. The summed E-state index contributed by atoms with van der Waals surface area (Å²) >= 11 is 0. The van der Waals surface area contributed by atoms with Crippen molar-refractivity contribution in [1.82, 2.24) is 14.9 Å². The van der Waals surface area contributed by atoms with Crippen LogP contribution in [-0.2, 0) is 9.47 Å². The number of piperidine rings is 1. The summed E-state index contributed by atoms with van der Waals surface area (Å²) in [6.07, 6.45) is 3.76. The molecule has 0 N–H and O–H groups in total. The predicted octanol–water partition coefficient (Wildman–Crippen LogP) is 2.47. The van der Waals surface area contributed by atoms with Gasteiger partial charge in [0.05, 0.1) is 37.5 Å². The Labute approximate surface area is 159 Å². The summed E-state index contributed by atoms with van der Waals surface area (Å²) in [5.74, 6) is -0.192. The lowest BCUT2D eigenvalue weighted by molar-refractivity contribution is -0.0861. The molecule has 2 fully saturated rings. The molecule has 2 saturated heterocycles. The minimum atomic E-state index is -0.557. The first-order valence-corrected chi connectivity index (χ1v) is 9.36. The second kappa shape index (κ2) is 7.80. The van der Waals surface area contributed by atoms with Crippen LogP contribution in [0.25, 0.3) is 0 Å². The minimum Gasteiger partial charge on any atom is -0.464 e. The number of hydrogen-bond donors (Lipinski definition) is 0. The molecular weight excluding hydrogens is 350 g/mol. The summed E-state index contributed by atoms with van der Waals surface area (Å²) in [7, 11) is 0. The minimum absolute atomic E-state index is 0.00112. The fourth-order valence-electron chi connectivity index (χ4n) is 3.62. The van der Waals surface area contributed by atoms with Gasteiger partial charge in [-0.1, -0.05) is 0 Å². The van der Waals surface area contributed by atoms with Crippen molar-refractivity contribution in [3.05, 3.63) is 18.0 Å². The molecule has 2 bridgehead atoms. The van der Waals surface area contributed by atoms with E-state index in [1.807, 2.05) is 27.7 Å². The second-order valence-electron chi connectivity index (χ2n) is 7.95. The van der Waals surface area contributed by atoms with Crippen LogP contribution in [0.4, 0.5) is 4.79 Å². The average molecular weight is 377 g/mol. The van der Waals surface area contributed by atoms with Gasteiger partial charge in [0.2, 0.25) is 0 Å². The van der Waals surface area contributed by atoms with Gasteiger partial charge in [-0.2, -0.15) is 0 Å². The van der Waals surface area contributed by atoms with Crippen molar-refractivity contribution >= 4 is 11.9 Å². The van der Waals surface area contributed by atoms with Crippen LogP contribution in [0.15, 0.2) is 12.4 Å². The van der Waals surface area contributed by atoms with E-state index >= 15 is 0 Å². The Hall–Kier alpha value is -2.22. The largest absolute Gasteiger partial charge is 0.464 e. The zero-order valence-corrected chi connectivity index (χ0v) is 16.3. The van der Waals surface area contributed by atoms with E-state index in [0.29, 0.717) is 38.2 Å². The van der Waals surface area contributed by atoms with Gasteiger partial charge in [0.15, 0.2) is 5.78 Å². The molecule has 3 rings (SSSR count). The summed E-state index contributed by atoms with van der Waals surface area (Å²) in [5.41, 5.74) is -0.0911. The van der Waals surface area contributed by atoms with E-state index < -0.39 is 5.60 Å². The van der Waals surface area contributed by atoms with Gasteiger partial charge in [-0.3, -0.25) is 9.69 Å². The Morgan fingerprint density at radius 1 is 1.19 bits per heavy atom. The lowest BCUT2D eigenvalue weighted by Crippen LogP contribution is -2.60. The van der Waals surface area contributed by atoms with Crippen molar-refractivity contribution in [2.45, 2.75) is 58.2 Å². The summed E-state index contributed by atoms with van der Waals surface area (Å²) < 4.78 is 16.4. The standard InChI is InChI=1S/C19H27N3O5/c1-5-26-17-20-8-13(9-21-17)16(23)12-6-14-10-25-11-15(7-12)22(14)18(24)27-19(2,3)4/h8-9,12,14-15H,5-7,10-11H2,1-4H3. The topological polar surface area (TPSA) is 90.9 Å². The van der Waals surface area contributed by atoms with E-state index in [1.54, 1.807) is 4.90 Å². The number of Topliss-reactive ketones (excluding diaryl/α,β-unsaturated/α-hetero) is 1. The highest BCUT2D eigenvalue weighted by atomic mass is 16.6.